The second-order valence-electron chi connectivity index (χ2n) is 7.29. The Bertz CT molecular complexity index is 1190. The van der Waals surface area contributed by atoms with Crippen LogP contribution >= 0.6 is 0 Å². The van der Waals surface area contributed by atoms with Gasteiger partial charge in [-0.1, -0.05) is 0 Å². The SMILES string of the molecule is Cc1cc(F)ccc1N1CN(c2ccc[n+](O)c2C)C(=O)c2cc(C(F)(F)F)ccc21. The first-order valence-electron chi connectivity index (χ1n) is 9.35. The lowest BCUT2D eigenvalue weighted by Crippen LogP contribution is -2.47. The molecule has 4 rings (SSSR count). The molecule has 9 heteroatoms. The average molecular weight is 432 g/mol. The Morgan fingerprint density at radius 1 is 0.968 bits per heavy atom. The van der Waals surface area contributed by atoms with Crippen LogP contribution in [0.4, 0.5) is 34.6 Å². The van der Waals surface area contributed by atoms with E-state index in [0.717, 1.165) is 16.9 Å². The fourth-order valence-electron chi connectivity index (χ4n) is 3.71. The van der Waals surface area contributed by atoms with E-state index in [9.17, 15) is 27.6 Å². The van der Waals surface area contributed by atoms with Crippen LogP contribution in [0.1, 0.15) is 27.2 Å². The number of benzene rings is 2. The molecule has 1 N–H and O–H groups in total. The number of rotatable bonds is 2. The van der Waals surface area contributed by atoms with Gasteiger partial charge < -0.3 is 4.90 Å². The van der Waals surface area contributed by atoms with Gasteiger partial charge in [-0.15, -0.1) is 0 Å². The van der Waals surface area contributed by atoms with Crippen molar-refractivity contribution in [2.24, 2.45) is 0 Å². The Morgan fingerprint density at radius 2 is 1.68 bits per heavy atom. The van der Waals surface area contributed by atoms with Crippen molar-refractivity contribution >= 4 is 23.0 Å². The van der Waals surface area contributed by atoms with E-state index in [1.54, 1.807) is 24.8 Å². The number of carbonyl (C=O) groups excluding carboxylic acids is 1. The van der Waals surface area contributed by atoms with E-state index in [-0.39, 0.29) is 17.9 Å². The third-order valence-electron chi connectivity index (χ3n) is 5.31. The molecule has 2 heterocycles. The smallest absolute Gasteiger partial charge is 0.322 e. The maximum Gasteiger partial charge on any atom is 0.416 e. The molecule has 5 nitrogen and oxygen atoms in total. The van der Waals surface area contributed by atoms with Crippen LogP contribution in [0, 0.1) is 19.7 Å². The first kappa shape index (κ1) is 20.6. The molecule has 0 unspecified atom stereocenters. The minimum absolute atomic E-state index is 0.0332. The third-order valence-corrected chi connectivity index (χ3v) is 5.31. The zero-order chi connectivity index (χ0) is 22.5. The molecule has 0 atom stereocenters. The molecule has 0 saturated carbocycles. The number of carbonyl (C=O) groups is 1. The van der Waals surface area contributed by atoms with Crippen LogP contribution in [0.5, 0.6) is 0 Å². The normalized spacial score (nSPS) is 14.1. The molecule has 1 aromatic heterocycles. The molecule has 2 aromatic carbocycles. The molecule has 0 aliphatic carbocycles. The molecule has 1 aliphatic heterocycles. The second-order valence-corrected chi connectivity index (χ2v) is 7.29. The summed E-state index contributed by atoms with van der Waals surface area (Å²) in [5.41, 5.74) is 0.976. The summed E-state index contributed by atoms with van der Waals surface area (Å²) in [6.45, 7) is 3.23. The highest BCUT2D eigenvalue weighted by Gasteiger charge is 2.37. The van der Waals surface area contributed by atoms with Crippen LogP contribution < -0.4 is 14.5 Å². The number of aromatic nitrogens is 1. The number of hydrogen-bond donors (Lipinski definition) is 1. The zero-order valence-corrected chi connectivity index (χ0v) is 16.6. The lowest BCUT2D eigenvalue weighted by atomic mass is 10.0. The maximum absolute atomic E-state index is 13.7. The largest absolute Gasteiger partial charge is 0.416 e. The first-order chi connectivity index (χ1) is 14.6. The summed E-state index contributed by atoms with van der Waals surface area (Å²) in [6.07, 6.45) is -3.24. The molecule has 31 heavy (non-hydrogen) atoms. The van der Waals surface area contributed by atoms with Gasteiger partial charge in [0, 0.05) is 23.4 Å². The number of aryl methyl sites for hydroxylation is 1. The topological polar surface area (TPSA) is 47.7 Å². The summed E-state index contributed by atoms with van der Waals surface area (Å²) in [4.78, 5) is 16.2. The highest BCUT2D eigenvalue weighted by Crippen LogP contribution is 2.40. The van der Waals surface area contributed by atoms with Crippen molar-refractivity contribution in [1.29, 1.82) is 0 Å². The number of amides is 1. The van der Waals surface area contributed by atoms with Gasteiger partial charge in [-0.3, -0.25) is 14.9 Å². The van der Waals surface area contributed by atoms with E-state index < -0.39 is 23.5 Å². The molecule has 0 radical (unpaired) electrons. The lowest BCUT2D eigenvalue weighted by molar-refractivity contribution is -0.908. The number of anilines is 3. The molecular formula is C22H18F4N3O2+. The van der Waals surface area contributed by atoms with Crippen LogP contribution in [0.15, 0.2) is 54.7 Å². The molecule has 0 spiro atoms. The molecule has 1 amide bonds. The number of alkyl halides is 3. The average Bonchev–Trinajstić information content (AvgIpc) is 2.70. The van der Waals surface area contributed by atoms with Gasteiger partial charge in [-0.2, -0.15) is 13.2 Å². The Labute approximate surface area is 175 Å². The third kappa shape index (κ3) is 3.56. The van der Waals surface area contributed by atoms with E-state index in [4.69, 9.17) is 0 Å². The highest BCUT2D eigenvalue weighted by atomic mass is 19.4. The molecule has 0 bridgehead atoms. The van der Waals surface area contributed by atoms with Crippen LogP contribution in [-0.4, -0.2) is 17.8 Å². The summed E-state index contributed by atoms with van der Waals surface area (Å²) in [6, 6.07) is 10.2. The summed E-state index contributed by atoms with van der Waals surface area (Å²) < 4.78 is 54.5. The van der Waals surface area contributed by atoms with Crippen molar-refractivity contribution in [3.05, 3.63) is 82.9 Å². The van der Waals surface area contributed by atoms with Crippen LogP contribution in [0.25, 0.3) is 0 Å². The molecule has 0 saturated heterocycles. The number of pyridine rings is 1. The van der Waals surface area contributed by atoms with Gasteiger partial charge in [0.05, 0.1) is 16.8 Å². The Kier molecular flexibility index (Phi) is 4.83. The van der Waals surface area contributed by atoms with Gasteiger partial charge in [0.15, 0.2) is 0 Å². The second kappa shape index (κ2) is 7.26. The van der Waals surface area contributed by atoms with E-state index >= 15 is 0 Å². The summed E-state index contributed by atoms with van der Waals surface area (Å²) >= 11 is 0. The monoisotopic (exact) mass is 432 g/mol. The molecule has 1 aliphatic rings. The quantitative estimate of drug-likeness (QED) is 0.362. The predicted octanol–water partition coefficient (Wildman–Crippen LogP) is 4.74. The van der Waals surface area contributed by atoms with E-state index in [2.05, 4.69) is 0 Å². The Balaban J connectivity index is 1.93. The van der Waals surface area contributed by atoms with Gasteiger partial charge >= 0.3 is 6.18 Å². The molecule has 0 fully saturated rings. The van der Waals surface area contributed by atoms with E-state index in [0.29, 0.717) is 22.6 Å². The molecular weight excluding hydrogens is 414 g/mol. The summed E-state index contributed by atoms with van der Waals surface area (Å²) in [5.74, 6) is -1.08. The van der Waals surface area contributed by atoms with Gasteiger partial charge in [-0.05, 0) is 55.0 Å². The minimum Gasteiger partial charge on any atom is -0.322 e. The summed E-state index contributed by atoms with van der Waals surface area (Å²) in [7, 11) is 0. The first-order valence-corrected chi connectivity index (χ1v) is 9.35. The van der Waals surface area contributed by atoms with Crippen molar-refractivity contribution < 1.29 is 32.3 Å². The Hall–Kier alpha value is -3.62. The fraction of sp³-hybridized carbons (Fsp3) is 0.182. The van der Waals surface area contributed by atoms with Gasteiger partial charge in [0.1, 0.15) is 18.2 Å². The highest BCUT2D eigenvalue weighted by molar-refractivity contribution is 6.12. The number of nitrogens with zero attached hydrogens (tertiary/aromatic N) is 3. The molecule has 160 valence electrons. The van der Waals surface area contributed by atoms with Gasteiger partial charge in [-0.25, -0.2) is 4.39 Å². The van der Waals surface area contributed by atoms with Crippen LogP contribution in [0.3, 0.4) is 0 Å². The van der Waals surface area contributed by atoms with Gasteiger partial charge in [0.2, 0.25) is 6.20 Å². The van der Waals surface area contributed by atoms with Crippen molar-refractivity contribution in [2.45, 2.75) is 20.0 Å². The summed E-state index contributed by atoms with van der Waals surface area (Å²) in [5, 5.41) is 10.00. The van der Waals surface area contributed by atoms with Crippen molar-refractivity contribution in [3.8, 4) is 0 Å². The lowest BCUT2D eigenvalue weighted by Gasteiger charge is -2.38. The van der Waals surface area contributed by atoms with Crippen LogP contribution in [-0.2, 0) is 6.18 Å². The van der Waals surface area contributed by atoms with Crippen LogP contribution in [0.2, 0.25) is 0 Å². The van der Waals surface area contributed by atoms with E-state index in [1.165, 1.54) is 41.4 Å². The fourth-order valence-corrected chi connectivity index (χ4v) is 3.71. The predicted molar refractivity (Wildman–Crippen MR) is 105 cm³/mol. The van der Waals surface area contributed by atoms with Crippen molar-refractivity contribution in [2.75, 3.05) is 16.5 Å². The molecule has 3 aromatic rings. The number of hydrogen-bond acceptors (Lipinski definition) is 3. The number of halogens is 4. The standard InChI is InChI=1S/C22H18F4N3O2/c1-13-10-16(23)6-8-18(13)27-12-28(19-4-3-9-29(31)14(19)2)21(30)17-11-15(22(24,25)26)5-7-20(17)27/h3-11,31H,12H2,1-2H3/q+1. The zero-order valence-electron chi connectivity index (χ0n) is 16.6. The Morgan fingerprint density at radius 3 is 2.35 bits per heavy atom. The maximum atomic E-state index is 13.7. The van der Waals surface area contributed by atoms with Crippen molar-refractivity contribution in [3.63, 3.8) is 0 Å². The minimum atomic E-state index is -4.62. The number of fused-ring (bicyclic) bond motifs is 1. The van der Waals surface area contributed by atoms with E-state index in [1.807, 2.05) is 0 Å². The van der Waals surface area contributed by atoms with Gasteiger partial charge in [0.25, 0.3) is 11.6 Å². The van der Waals surface area contributed by atoms with Crippen molar-refractivity contribution in [1.82, 2.24) is 0 Å².